The molecule has 0 aliphatic carbocycles. The molecule has 3 N–H and O–H groups in total. The van der Waals surface area contributed by atoms with Gasteiger partial charge >= 0.3 is 5.97 Å². The highest BCUT2D eigenvalue weighted by molar-refractivity contribution is 6.42. The predicted octanol–water partition coefficient (Wildman–Crippen LogP) is 2.51. The van der Waals surface area contributed by atoms with E-state index in [0.717, 1.165) is 0 Å². The second-order valence-corrected chi connectivity index (χ2v) is 4.08. The third-order valence-electron chi connectivity index (χ3n) is 2.30. The van der Waals surface area contributed by atoms with Gasteiger partial charge in [0.25, 0.3) is 0 Å². The van der Waals surface area contributed by atoms with E-state index in [4.69, 9.17) is 34.0 Å². The van der Waals surface area contributed by atoms with Gasteiger partial charge in [0, 0.05) is 5.92 Å². The zero-order chi connectivity index (χ0) is 11.6. The van der Waals surface area contributed by atoms with Gasteiger partial charge < -0.3 is 10.8 Å². The molecule has 2 atom stereocenters. The Labute approximate surface area is 97.8 Å². The third-order valence-corrected chi connectivity index (χ3v) is 3.13. The van der Waals surface area contributed by atoms with Crippen molar-refractivity contribution in [3.63, 3.8) is 0 Å². The highest BCUT2D eigenvalue weighted by Gasteiger charge is 2.23. The topological polar surface area (TPSA) is 63.3 Å². The second kappa shape index (κ2) is 4.84. The van der Waals surface area contributed by atoms with E-state index in [1.807, 2.05) is 0 Å². The van der Waals surface area contributed by atoms with Gasteiger partial charge in [0.2, 0.25) is 0 Å². The number of halogens is 2. The quantitative estimate of drug-likeness (QED) is 0.863. The van der Waals surface area contributed by atoms with E-state index >= 15 is 0 Å². The van der Waals surface area contributed by atoms with Crippen molar-refractivity contribution in [2.45, 2.75) is 18.9 Å². The average molecular weight is 248 g/mol. The maximum Gasteiger partial charge on any atom is 0.321 e. The standard InChI is InChI=1S/C10H11Cl2NO2/c1-5(9(13)10(14)15)6-3-2-4-7(11)8(6)12/h2-5,9H,13H2,1H3,(H,14,15). The summed E-state index contributed by atoms with van der Waals surface area (Å²) in [5.41, 5.74) is 6.16. The molecule has 5 heteroatoms. The minimum absolute atomic E-state index is 0.364. The van der Waals surface area contributed by atoms with E-state index < -0.39 is 12.0 Å². The van der Waals surface area contributed by atoms with Crippen LogP contribution in [0.15, 0.2) is 18.2 Å². The number of carboxylic acid groups (broad SMARTS) is 1. The molecule has 0 heterocycles. The van der Waals surface area contributed by atoms with Gasteiger partial charge in [-0.1, -0.05) is 42.3 Å². The Morgan fingerprint density at radius 2 is 2.07 bits per heavy atom. The molecule has 3 nitrogen and oxygen atoms in total. The average Bonchev–Trinajstić information content (AvgIpc) is 2.20. The minimum atomic E-state index is -1.06. The Bertz CT molecular complexity index is 382. The van der Waals surface area contributed by atoms with Crippen molar-refractivity contribution in [2.24, 2.45) is 5.73 Å². The summed E-state index contributed by atoms with van der Waals surface area (Å²) in [6.07, 6.45) is 0. The molecule has 0 radical (unpaired) electrons. The van der Waals surface area contributed by atoms with Crippen LogP contribution in [-0.2, 0) is 4.79 Å². The van der Waals surface area contributed by atoms with Crippen molar-refractivity contribution in [2.75, 3.05) is 0 Å². The number of hydrogen-bond donors (Lipinski definition) is 2. The fraction of sp³-hybridized carbons (Fsp3) is 0.300. The summed E-state index contributed by atoms with van der Waals surface area (Å²) in [6.45, 7) is 1.70. The number of hydrogen-bond acceptors (Lipinski definition) is 2. The first kappa shape index (κ1) is 12.3. The first-order chi connectivity index (χ1) is 6.95. The largest absolute Gasteiger partial charge is 0.480 e. The van der Waals surface area contributed by atoms with Crippen LogP contribution in [0.25, 0.3) is 0 Å². The molecular formula is C10H11Cl2NO2. The molecular weight excluding hydrogens is 237 g/mol. The Morgan fingerprint density at radius 1 is 1.47 bits per heavy atom. The van der Waals surface area contributed by atoms with E-state index in [-0.39, 0.29) is 5.92 Å². The zero-order valence-electron chi connectivity index (χ0n) is 8.08. The van der Waals surface area contributed by atoms with Gasteiger partial charge in [-0.05, 0) is 11.6 Å². The molecule has 0 saturated carbocycles. The SMILES string of the molecule is CC(c1cccc(Cl)c1Cl)C(N)C(=O)O. The van der Waals surface area contributed by atoms with E-state index in [2.05, 4.69) is 0 Å². The fourth-order valence-corrected chi connectivity index (χ4v) is 1.76. The molecule has 15 heavy (non-hydrogen) atoms. The van der Waals surface area contributed by atoms with E-state index in [9.17, 15) is 4.79 Å². The highest BCUT2D eigenvalue weighted by Crippen LogP contribution is 2.31. The summed E-state index contributed by atoms with van der Waals surface area (Å²) in [4.78, 5) is 10.7. The van der Waals surface area contributed by atoms with Crippen molar-refractivity contribution in [1.82, 2.24) is 0 Å². The number of aliphatic carboxylic acids is 1. The molecule has 0 bridgehead atoms. The van der Waals surface area contributed by atoms with Crippen LogP contribution in [0.1, 0.15) is 18.4 Å². The van der Waals surface area contributed by atoms with Crippen LogP contribution in [0.4, 0.5) is 0 Å². The molecule has 0 aliphatic heterocycles. The lowest BCUT2D eigenvalue weighted by atomic mass is 9.94. The maximum atomic E-state index is 10.7. The zero-order valence-corrected chi connectivity index (χ0v) is 9.59. The smallest absolute Gasteiger partial charge is 0.321 e. The monoisotopic (exact) mass is 247 g/mol. The molecule has 0 amide bonds. The van der Waals surface area contributed by atoms with Gasteiger partial charge in [-0.3, -0.25) is 4.79 Å². The number of benzene rings is 1. The molecule has 0 fully saturated rings. The van der Waals surface area contributed by atoms with Crippen molar-refractivity contribution in [3.8, 4) is 0 Å². The van der Waals surface area contributed by atoms with Crippen LogP contribution in [0.5, 0.6) is 0 Å². The maximum absolute atomic E-state index is 10.7. The molecule has 1 rings (SSSR count). The minimum Gasteiger partial charge on any atom is -0.480 e. The summed E-state index contributed by atoms with van der Waals surface area (Å²) >= 11 is 11.8. The predicted molar refractivity (Wildman–Crippen MR) is 60.5 cm³/mol. The summed E-state index contributed by atoms with van der Waals surface area (Å²) in [6, 6.07) is 4.10. The molecule has 1 aromatic carbocycles. The van der Waals surface area contributed by atoms with Crippen molar-refractivity contribution in [3.05, 3.63) is 33.8 Å². The molecule has 82 valence electrons. The fourth-order valence-electron chi connectivity index (χ4n) is 1.28. The Balaban J connectivity index is 3.06. The van der Waals surface area contributed by atoms with Gasteiger partial charge in [0.1, 0.15) is 6.04 Å². The van der Waals surface area contributed by atoms with E-state index in [1.54, 1.807) is 25.1 Å². The van der Waals surface area contributed by atoms with Crippen LogP contribution in [0.3, 0.4) is 0 Å². The van der Waals surface area contributed by atoms with Crippen LogP contribution in [0.2, 0.25) is 10.0 Å². The first-order valence-corrected chi connectivity index (χ1v) is 5.13. The van der Waals surface area contributed by atoms with Crippen LogP contribution in [-0.4, -0.2) is 17.1 Å². The Kier molecular flexibility index (Phi) is 3.97. The lowest BCUT2D eigenvalue weighted by molar-refractivity contribution is -0.138. The molecule has 0 saturated heterocycles. The molecule has 0 aromatic heterocycles. The van der Waals surface area contributed by atoms with Gasteiger partial charge in [0.05, 0.1) is 10.0 Å². The van der Waals surface area contributed by atoms with Crippen molar-refractivity contribution in [1.29, 1.82) is 0 Å². The van der Waals surface area contributed by atoms with Gasteiger partial charge in [-0.25, -0.2) is 0 Å². The van der Waals surface area contributed by atoms with Crippen molar-refractivity contribution >= 4 is 29.2 Å². The normalized spacial score (nSPS) is 14.7. The third kappa shape index (κ3) is 2.62. The second-order valence-electron chi connectivity index (χ2n) is 3.30. The lowest BCUT2D eigenvalue weighted by Gasteiger charge is -2.17. The first-order valence-electron chi connectivity index (χ1n) is 4.37. The number of rotatable bonds is 3. The van der Waals surface area contributed by atoms with Gasteiger partial charge in [-0.2, -0.15) is 0 Å². The van der Waals surface area contributed by atoms with Crippen molar-refractivity contribution < 1.29 is 9.90 Å². The molecule has 0 aliphatic rings. The number of carboxylic acids is 1. The van der Waals surface area contributed by atoms with Crippen LogP contribution >= 0.6 is 23.2 Å². The molecule has 2 unspecified atom stereocenters. The van der Waals surface area contributed by atoms with Gasteiger partial charge in [0.15, 0.2) is 0 Å². The van der Waals surface area contributed by atoms with E-state index in [1.165, 1.54) is 0 Å². The van der Waals surface area contributed by atoms with E-state index in [0.29, 0.717) is 15.6 Å². The summed E-state index contributed by atoms with van der Waals surface area (Å²) < 4.78 is 0. The van der Waals surface area contributed by atoms with Crippen LogP contribution < -0.4 is 5.73 Å². The lowest BCUT2D eigenvalue weighted by Crippen LogP contribution is -2.35. The number of nitrogens with two attached hydrogens (primary N) is 1. The highest BCUT2D eigenvalue weighted by atomic mass is 35.5. The number of carbonyl (C=O) groups is 1. The molecule has 1 aromatic rings. The Morgan fingerprint density at radius 3 is 2.60 bits per heavy atom. The Hall–Kier alpha value is -0.770. The van der Waals surface area contributed by atoms with Gasteiger partial charge in [-0.15, -0.1) is 0 Å². The summed E-state index contributed by atoms with van der Waals surface area (Å²) in [5, 5.41) is 9.54. The molecule has 0 spiro atoms. The summed E-state index contributed by atoms with van der Waals surface area (Å²) in [7, 11) is 0. The summed E-state index contributed by atoms with van der Waals surface area (Å²) in [5.74, 6) is -1.44. The van der Waals surface area contributed by atoms with Crippen LogP contribution in [0, 0.1) is 0 Å².